The Hall–Kier alpha value is -1.84. The number of carbonyl (C=O) groups excluding carboxylic acids is 2. The van der Waals surface area contributed by atoms with Gasteiger partial charge in [0.05, 0.1) is 0 Å². The lowest BCUT2D eigenvalue weighted by Crippen LogP contribution is -2.44. The van der Waals surface area contributed by atoms with E-state index in [1.807, 2.05) is 19.1 Å². The number of hydrogen-bond donors (Lipinski definition) is 1. The van der Waals surface area contributed by atoms with Crippen LogP contribution in [-0.4, -0.2) is 18.9 Å². The zero-order chi connectivity index (χ0) is 11.9. The van der Waals surface area contributed by atoms with Crippen molar-refractivity contribution >= 4 is 17.5 Å². The predicted octanol–water partition coefficient (Wildman–Crippen LogP) is 0.416. The van der Waals surface area contributed by atoms with E-state index in [0.29, 0.717) is 6.42 Å². The SMILES string of the molecule is Cc1[c]cc2c(c1)N(C)C(=O)C(C(N)=O)C2. The van der Waals surface area contributed by atoms with Gasteiger partial charge in [0.2, 0.25) is 11.8 Å². The summed E-state index contributed by atoms with van der Waals surface area (Å²) in [6.07, 6.45) is 0.380. The second-order valence-electron chi connectivity index (χ2n) is 4.08. The Balaban J connectivity index is 2.48. The first-order chi connectivity index (χ1) is 7.50. The van der Waals surface area contributed by atoms with Crippen molar-refractivity contribution in [3.05, 3.63) is 29.3 Å². The average molecular weight is 217 g/mol. The van der Waals surface area contributed by atoms with Gasteiger partial charge in [-0.2, -0.15) is 0 Å². The number of anilines is 1. The van der Waals surface area contributed by atoms with Crippen LogP contribution in [0, 0.1) is 18.9 Å². The Bertz CT molecular complexity index is 468. The van der Waals surface area contributed by atoms with E-state index >= 15 is 0 Å². The summed E-state index contributed by atoms with van der Waals surface area (Å²) >= 11 is 0. The molecule has 1 unspecified atom stereocenters. The van der Waals surface area contributed by atoms with Crippen LogP contribution >= 0.6 is 0 Å². The summed E-state index contributed by atoms with van der Waals surface area (Å²) in [6, 6.07) is 6.78. The number of benzene rings is 1. The molecule has 0 bridgehead atoms. The molecule has 1 aromatic rings. The fourth-order valence-corrected chi connectivity index (χ4v) is 1.97. The van der Waals surface area contributed by atoms with E-state index in [1.165, 1.54) is 4.90 Å². The summed E-state index contributed by atoms with van der Waals surface area (Å²) in [7, 11) is 1.66. The Kier molecular flexibility index (Phi) is 2.42. The van der Waals surface area contributed by atoms with E-state index in [4.69, 9.17) is 5.73 Å². The standard InChI is InChI=1S/C12H13N2O2/c1-7-3-4-8-6-9(11(13)15)12(16)14(2)10(8)5-7/h4-5,9H,6H2,1-2H3,(H2,13,15). The van der Waals surface area contributed by atoms with Gasteiger partial charge in [0, 0.05) is 12.7 Å². The fourth-order valence-electron chi connectivity index (χ4n) is 1.97. The molecule has 0 aromatic heterocycles. The number of amides is 2. The minimum atomic E-state index is -0.742. The third-order valence-corrected chi connectivity index (χ3v) is 2.91. The molecule has 83 valence electrons. The lowest BCUT2D eigenvalue weighted by atomic mass is 9.91. The lowest BCUT2D eigenvalue weighted by Gasteiger charge is -2.30. The van der Waals surface area contributed by atoms with Gasteiger partial charge in [0.15, 0.2) is 0 Å². The molecule has 4 nitrogen and oxygen atoms in total. The van der Waals surface area contributed by atoms with Crippen molar-refractivity contribution in [2.75, 3.05) is 11.9 Å². The average Bonchev–Trinajstić information content (AvgIpc) is 2.23. The summed E-state index contributed by atoms with van der Waals surface area (Å²) in [5.41, 5.74) is 7.97. The Morgan fingerprint density at radius 1 is 1.62 bits per heavy atom. The van der Waals surface area contributed by atoms with Gasteiger partial charge in [-0.1, -0.05) is 0 Å². The van der Waals surface area contributed by atoms with Crippen molar-refractivity contribution in [1.29, 1.82) is 0 Å². The van der Waals surface area contributed by atoms with Gasteiger partial charge in [0.25, 0.3) is 0 Å². The highest BCUT2D eigenvalue weighted by atomic mass is 16.2. The summed E-state index contributed by atoms with van der Waals surface area (Å²) in [6.45, 7) is 1.92. The maximum atomic E-state index is 11.9. The van der Waals surface area contributed by atoms with Crippen LogP contribution in [0.4, 0.5) is 5.69 Å². The summed E-state index contributed by atoms with van der Waals surface area (Å²) in [5, 5.41) is 0. The van der Waals surface area contributed by atoms with Crippen LogP contribution in [0.5, 0.6) is 0 Å². The minimum Gasteiger partial charge on any atom is -0.369 e. The van der Waals surface area contributed by atoms with Crippen molar-refractivity contribution in [2.45, 2.75) is 13.3 Å². The van der Waals surface area contributed by atoms with E-state index in [2.05, 4.69) is 6.07 Å². The second-order valence-corrected chi connectivity index (χ2v) is 4.08. The molecule has 16 heavy (non-hydrogen) atoms. The first kappa shape index (κ1) is 10.7. The van der Waals surface area contributed by atoms with Gasteiger partial charge in [0.1, 0.15) is 5.92 Å². The first-order valence-electron chi connectivity index (χ1n) is 5.09. The number of nitrogens with zero attached hydrogens (tertiary/aromatic N) is 1. The third-order valence-electron chi connectivity index (χ3n) is 2.91. The number of aryl methyl sites for hydroxylation is 1. The molecule has 0 saturated heterocycles. The lowest BCUT2D eigenvalue weighted by molar-refractivity contribution is -0.132. The minimum absolute atomic E-state index is 0.231. The van der Waals surface area contributed by atoms with Gasteiger partial charge < -0.3 is 10.6 Å². The number of hydrogen-bond acceptors (Lipinski definition) is 2. The Morgan fingerprint density at radius 3 is 2.94 bits per heavy atom. The molecule has 1 aliphatic rings. The third kappa shape index (κ3) is 1.56. The van der Waals surface area contributed by atoms with Crippen molar-refractivity contribution in [3.63, 3.8) is 0 Å². The van der Waals surface area contributed by atoms with Gasteiger partial charge >= 0.3 is 0 Å². The molecular formula is C12H13N2O2. The van der Waals surface area contributed by atoms with E-state index in [-0.39, 0.29) is 5.91 Å². The first-order valence-corrected chi connectivity index (χ1v) is 5.09. The highest BCUT2D eigenvalue weighted by Crippen LogP contribution is 2.30. The van der Waals surface area contributed by atoms with Crippen LogP contribution in [0.25, 0.3) is 0 Å². The van der Waals surface area contributed by atoms with Gasteiger partial charge in [-0.3, -0.25) is 9.59 Å². The van der Waals surface area contributed by atoms with Gasteiger partial charge in [-0.15, -0.1) is 0 Å². The number of fused-ring (bicyclic) bond motifs is 1. The number of rotatable bonds is 1. The summed E-state index contributed by atoms with van der Waals surface area (Å²) in [4.78, 5) is 24.5. The van der Waals surface area contributed by atoms with E-state index < -0.39 is 11.8 Å². The molecule has 1 aliphatic heterocycles. The highest BCUT2D eigenvalue weighted by Gasteiger charge is 2.34. The Labute approximate surface area is 94.0 Å². The maximum absolute atomic E-state index is 11.9. The van der Waals surface area contributed by atoms with Crippen molar-refractivity contribution < 1.29 is 9.59 Å². The van der Waals surface area contributed by atoms with Crippen LogP contribution < -0.4 is 10.6 Å². The largest absolute Gasteiger partial charge is 0.369 e. The van der Waals surface area contributed by atoms with Crippen molar-refractivity contribution in [3.8, 4) is 0 Å². The molecule has 2 amide bonds. The molecule has 0 fully saturated rings. The van der Waals surface area contributed by atoms with Crippen LogP contribution in [0.3, 0.4) is 0 Å². The fraction of sp³-hybridized carbons (Fsp3) is 0.333. The molecule has 0 aliphatic carbocycles. The molecule has 2 rings (SSSR count). The highest BCUT2D eigenvalue weighted by molar-refractivity contribution is 6.09. The normalized spacial score (nSPS) is 19.5. The predicted molar refractivity (Wildman–Crippen MR) is 59.8 cm³/mol. The molecule has 2 N–H and O–H groups in total. The second kappa shape index (κ2) is 3.63. The number of nitrogens with two attached hydrogens (primary N) is 1. The van der Waals surface area contributed by atoms with E-state index in [9.17, 15) is 9.59 Å². The number of carbonyl (C=O) groups is 2. The zero-order valence-electron chi connectivity index (χ0n) is 9.28. The van der Waals surface area contributed by atoms with Gasteiger partial charge in [-0.25, -0.2) is 0 Å². The summed E-state index contributed by atoms with van der Waals surface area (Å²) in [5.74, 6) is -1.54. The van der Waals surface area contributed by atoms with Crippen LogP contribution in [0.2, 0.25) is 0 Å². The zero-order valence-corrected chi connectivity index (χ0v) is 9.28. The Morgan fingerprint density at radius 2 is 2.31 bits per heavy atom. The monoisotopic (exact) mass is 217 g/mol. The smallest absolute Gasteiger partial charge is 0.239 e. The maximum Gasteiger partial charge on any atom is 0.239 e. The van der Waals surface area contributed by atoms with Crippen molar-refractivity contribution in [1.82, 2.24) is 0 Å². The summed E-state index contributed by atoms with van der Waals surface area (Å²) < 4.78 is 0. The molecule has 1 atom stereocenters. The molecule has 0 spiro atoms. The molecule has 1 aromatic carbocycles. The van der Waals surface area contributed by atoms with E-state index in [0.717, 1.165) is 16.8 Å². The topological polar surface area (TPSA) is 63.4 Å². The number of primary amides is 1. The molecule has 4 heteroatoms. The molecule has 1 heterocycles. The van der Waals surface area contributed by atoms with Crippen molar-refractivity contribution in [2.24, 2.45) is 11.7 Å². The molecule has 0 saturated carbocycles. The van der Waals surface area contributed by atoms with Crippen LogP contribution in [0.1, 0.15) is 11.1 Å². The molecule has 1 radical (unpaired) electrons. The van der Waals surface area contributed by atoms with Crippen LogP contribution in [-0.2, 0) is 16.0 Å². The van der Waals surface area contributed by atoms with E-state index in [1.54, 1.807) is 7.05 Å². The van der Waals surface area contributed by atoms with Gasteiger partial charge in [-0.05, 0) is 42.7 Å². The van der Waals surface area contributed by atoms with Crippen LogP contribution in [0.15, 0.2) is 12.1 Å². The molecular weight excluding hydrogens is 204 g/mol. The quantitative estimate of drug-likeness (QED) is 0.693.